The molecule has 4 rings (SSSR count). The van der Waals surface area contributed by atoms with Crippen LogP contribution < -0.4 is 16.0 Å². The number of aromatic nitrogens is 1. The van der Waals surface area contributed by atoms with Gasteiger partial charge in [-0.15, -0.1) is 0 Å². The zero-order valence-corrected chi connectivity index (χ0v) is 15.8. The highest BCUT2D eigenvalue weighted by atomic mass is 16.5. The summed E-state index contributed by atoms with van der Waals surface area (Å²) in [4.78, 5) is 27.5. The number of hydrogen-bond acceptors (Lipinski definition) is 3. The fraction of sp³-hybridized carbons (Fsp3) is 0.273. The van der Waals surface area contributed by atoms with Gasteiger partial charge in [0.1, 0.15) is 11.9 Å². The summed E-state index contributed by atoms with van der Waals surface area (Å²) >= 11 is 0. The Morgan fingerprint density at radius 2 is 1.75 bits per heavy atom. The van der Waals surface area contributed by atoms with Crippen molar-refractivity contribution in [3.8, 4) is 16.9 Å². The highest BCUT2D eigenvalue weighted by Crippen LogP contribution is 2.30. The number of primary amides is 1. The fourth-order valence-corrected chi connectivity index (χ4v) is 3.78. The number of carbonyl (C=O) groups is 1. The molecule has 144 valence electrons. The van der Waals surface area contributed by atoms with Gasteiger partial charge in [-0.25, -0.2) is 4.79 Å². The largest absolute Gasteiger partial charge is 0.490 e. The molecule has 1 fully saturated rings. The molecule has 6 heteroatoms. The second kappa shape index (κ2) is 7.38. The topological polar surface area (TPSA) is 88.4 Å². The van der Waals surface area contributed by atoms with Crippen LogP contribution in [0.15, 0.2) is 53.3 Å². The van der Waals surface area contributed by atoms with Crippen LogP contribution in [0.3, 0.4) is 0 Å². The van der Waals surface area contributed by atoms with E-state index in [1.165, 1.54) is 0 Å². The zero-order chi connectivity index (χ0) is 19.7. The number of benzene rings is 2. The predicted octanol–water partition coefficient (Wildman–Crippen LogP) is 3.43. The number of aryl methyl sites for hydroxylation is 1. The van der Waals surface area contributed by atoms with E-state index in [-0.39, 0.29) is 17.7 Å². The minimum Gasteiger partial charge on any atom is -0.490 e. The lowest BCUT2D eigenvalue weighted by atomic mass is 9.98. The van der Waals surface area contributed by atoms with Gasteiger partial charge in [-0.3, -0.25) is 4.79 Å². The van der Waals surface area contributed by atoms with Gasteiger partial charge in [-0.2, -0.15) is 0 Å². The smallest absolute Gasteiger partial charge is 0.314 e. The molecule has 2 aromatic carbocycles. The van der Waals surface area contributed by atoms with Crippen molar-refractivity contribution in [2.45, 2.75) is 25.9 Å². The number of amides is 2. The first-order valence-electron chi connectivity index (χ1n) is 9.45. The highest BCUT2D eigenvalue weighted by molar-refractivity contribution is 5.88. The summed E-state index contributed by atoms with van der Waals surface area (Å²) < 4.78 is 6.06. The van der Waals surface area contributed by atoms with Gasteiger partial charge >= 0.3 is 6.03 Å². The number of aromatic amines is 1. The molecule has 2 amide bonds. The van der Waals surface area contributed by atoms with Gasteiger partial charge in [-0.05, 0) is 47.2 Å². The quantitative estimate of drug-likeness (QED) is 0.733. The Balaban J connectivity index is 1.51. The SMILES string of the molecule is Cc1c(-c2ccc(OC3CCN(C(N)=O)CC3)cc2)ccc2ccc(=O)[nH]c12. The van der Waals surface area contributed by atoms with E-state index in [0.717, 1.165) is 46.2 Å². The number of nitrogens with one attached hydrogen (secondary N) is 1. The summed E-state index contributed by atoms with van der Waals surface area (Å²) in [7, 11) is 0. The molecule has 6 nitrogen and oxygen atoms in total. The maximum Gasteiger partial charge on any atom is 0.314 e. The van der Waals surface area contributed by atoms with Crippen molar-refractivity contribution in [2.24, 2.45) is 5.73 Å². The second-order valence-electron chi connectivity index (χ2n) is 7.19. The van der Waals surface area contributed by atoms with E-state index in [2.05, 4.69) is 11.1 Å². The molecule has 0 aliphatic carbocycles. The van der Waals surface area contributed by atoms with E-state index in [0.29, 0.717) is 13.1 Å². The van der Waals surface area contributed by atoms with Gasteiger partial charge in [0.2, 0.25) is 5.56 Å². The van der Waals surface area contributed by atoms with E-state index < -0.39 is 0 Å². The predicted molar refractivity (Wildman–Crippen MR) is 110 cm³/mol. The van der Waals surface area contributed by atoms with Crippen molar-refractivity contribution in [1.82, 2.24) is 9.88 Å². The number of ether oxygens (including phenoxy) is 1. The fourth-order valence-electron chi connectivity index (χ4n) is 3.78. The summed E-state index contributed by atoms with van der Waals surface area (Å²) in [6, 6.07) is 15.1. The Morgan fingerprint density at radius 3 is 2.43 bits per heavy atom. The van der Waals surface area contributed by atoms with Crippen molar-refractivity contribution in [3.05, 3.63) is 64.4 Å². The van der Waals surface area contributed by atoms with Crippen LogP contribution in [-0.2, 0) is 0 Å². The summed E-state index contributed by atoms with van der Waals surface area (Å²) in [6.07, 6.45) is 1.65. The maximum absolute atomic E-state index is 11.7. The van der Waals surface area contributed by atoms with E-state index >= 15 is 0 Å². The van der Waals surface area contributed by atoms with Gasteiger partial charge < -0.3 is 20.4 Å². The molecule has 1 aliphatic heterocycles. The molecule has 0 atom stereocenters. The molecule has 2 heterocycles. The third-order valence-electron chi connectivity index (χ3n) is 5.38. The van der Waals surface area contributed by atoms with Crippen LogP contribution in [0, 0.1) is 6.92 Å². The molecule has 1 aliphatic rings. The summed E-state index contributed by atoms with van der Waals surface area (Å²) in [5.41, 5.74) is 9.28. The summed E-state index contributed by atoms with van der Waals surface area (Å²) in [5, 5.41) is 1.02. The monoisotopic (exact) mass is 377 g/mol. The number of carbonyl (C=O) groups excluding carboxylic acids is 1. The van der Waals surface area contributed by atoms with Gasteiger partial charge in [0.05, 0.1) is 5.52 Å². The first-order valence-corrected chi connectivity index (χ1v) is 9.45. The normalized spacial score (nSPS) is 15.0. The molecule has 0 bridgehead atoms. The third kappa shape index (κ3) is 3.58. The van der Waals surface area contributed by atoms with Crippen LogP contribution in [0.25, 0.3) is 22.0 Å². The summed E-state index contributed by atoms with van der Waals surface area (Å²) in [5.74, 6) is 0.813. The second-order valence-corrected chi connectivity index (χ2v) is 7.19. The van der Waals surface area contributed by atoms with E-state index in [9.17, 15) is 9.59 Å². The molecule has 0 spiro atoms. The number of likely N-dealkylation sites (tertiary alicyclic amines) is 1. The zero-order valence-electron chi connectivity index (χ0n) is 15.8. The Morgan fingerprint density at radius 1 is 1.07 bits per heavy atom. The Labute approximate surface area is 162 Å². The van der Waals surface area contributed by atoms with Crippen molar-refractivity contribution in [2.75, 3.05) is 13.1 Å². The maximum atomic E-state index is 11.7. The van der Waals surface area contributed by atoms with Crippen LogP contribution >= 0.6 is 0 Å². The average molecular weight is 377 g/mol. The van der Waals surface area contributed by atoms with Gasteiger partial charge in [0, 0.05) is 32.0 Å². The Kier molecular flexibility index (Phi) is 4.77. The minimum absolute atomic E-state index is 0.0916. The lowest BCUT2D eigenvalue weighted by molar-refractivity contribution is 0.114. The molecule has 3 N–H and O–H groups in total. The average Bonchev–Trinajstić information content (AvgIpc) is 2.70. The number of pyridine rings is 1. The Bertz CT molecular complexity index is 1060. The van der Waals surface area contributed by atoms with Crippen LogP contribution in [0.4, 0.5) is 4.79 Å². The van der Waals surface area contributed by atoms with Crippen LogP contribution in [0.2, 0.25) is 0 Å². The van der Waals surface area contributed by atoms with E-state index in [4.69, 9.17) is 10.5 Å². The van der Waals surface area contributed by atoms with Gasteiger partial charge in [0.25, 0.3) is 0 Å². The molecule has 1 saturated heterocycles. The first-order chi connectivity index (χ1) is 13.5. The van der Waals surface area contributed by atoms with Crippen LogP contribution in [0.5, 0.6) is 5.75 Å². The number of fused-ring (bicyclic) bond motifs is 1. The molecule has 0 saturated carbocycles. The Hall–Kier alpha value is -3.28. The molecule has 3 aromatic rings. The number of nitrogens with two attached hydrogens (primary N) is 1. The minimum atomic E-state index is -0.366. The lowest BCUT2D eigenvalue weighted by Gasteiger charge is -2.31. The first kappa shape index (κ1) is 18.1. The molecular formula is C22H23N3O3. The molecule has 0 radical (unpaired) electrons. The lowest BCUT2D eigenvalue weighted by Crippen LogP contribution is -2.44. The van der Waals surface area contributed by atoms with Crippen LogP contribution in [0.1, 0.15) is 18.4 Å². The van der Waals surface area contributed by atoms with Crippen LogP contribution in [-0.4, -0.2) is 35.1 Å². The molecule has 1 aromatic heterocycles. The summed E-state index contributed by atoms with van der Waals surface area (Å²) in [6.45, 7) is 3.28. The molecular weight excluding hydrogens is 354 g/mol. The molecule has 28 heavy (non-hydrogen) atoms. The van der Waals surface area contributed by atoms with Crippen molar-refractivity contribution in [3.63, 3.8) is 0 Å². The van der Waals surface area contributed by atoms with Gasteiger partial charge in [0.15, 0.2) is 0 Å². The third-order valence-corrected chi connectivity index (χ3v) is 5.38. The highest BCUT2D eigenvalue weighted by Gasteiger charge is 2.22. The van der Waals surface area contributed by atoms with E-state index in [1.807, 2.05) is 43.3 Å². The number of urea groups is 1. The molecule has 0 unspecified atom stereocenters. The number of H-pyrrole nitrogens is 1. The van der Waals surface area contributed by atoms with Gasteiger partial charge in [-0.1, -0.05) is 24.3 Å². The standard InChI is InChI=1S/C22H23N3O3/c1-14-19(8-4-16-5-9-20(26)24-21(14)16)15-2-6-17(7-3-15)28-18-10-12-25(13-11-18)22(23)27/h2-9,18H,10-13H2,1H3,(H2,23,27)(H,24,26). The number of nitrogens with zero attached hydrogens (tertiary/aromatic N) is 1. The number of hydrogen-bond donors (Lipinski definition) is 2. The van der Waals surface area contributed by atoms with Crippen molar-refractivity contribution < 1.29 is 9.53 Å². The van der Waals surface area contributed by atoms with Crippen molar-refractivity contribution >= 4 is 16.9 Å². The van der Waals surface area contributed by atoms with Crippen molar-refractivity contribution in [1.29, 1.82) is 0 Å². The van der Waals surface area contributed by atoms with E-state index in [1.54, 1.807) is 11.0 Å². The number of piperidine rings is 1. The number of rotatable bonds is 3.